The summed E-state index contributed by atoms with van der Waals surface area (Å²) < 4.78 is 21.3. The number of nitrogens with zero attached hydrogens (tertiary/aromatic N) is 4. The largest absolute Gasteiger partial charge is 0.487 e. The summed E-state index contributed by atoms with van der Waals surface area (Å²) in [5.74, 6) is 0.944. The van der Waals surface area contributed by atoms with Gasteiger partial charge in [0.15, 0.2) is 0 Å². The SMILES string of the molecule is OCCNCCn1ncc2c1CCc1c-2sc2ncnc(Nc3ccc(OCc4cccc(F)c4)c(Cl)c3)c12. The molecule has 6 rings (SSSR count). The number of nitrogens with one attached hydrogen (secondary N) is 2. The fourth-order valence-electron chi connectivity index (χ4n) is 4.85. The Bertz CT molecular complexity index is 1640. The van der Waals surface area contributed by atoms with Crippen LogP contribution in [0, 0.1) is 5.82 Å². The third-order valence-corrected chi connectivity index (χ3v) is 8.13. The second-order valence-electron chi connectivity index (χ2n) is 9.20. The molecule has 0 unspecified atom stereocenters. The van der Waals surface area contributed by atoms with Crippen molar-refractivity contribution in [3.05, 3.63) is 82.6 Å². The summed E-state index contributed by atoms with van der Waals surface area (Å²) in [7, 11) is 0. The van der Waals surface area contributed by atoms with E-state index in [1.165, 1.54) is 28.3 Å². The van der Waals surface area contributed by atoms with Crippen molar-refractivity contribution >= 4 is 44.7 Å². The Morgan fingerprint density at radius 3 is 2.90 bits per heavy atom. The van der Waals surface area contributed by atoms with Crippen LogP contribution in [0.4, 0.5) is 15.9 Å². The van der Waals surface area contributed by atoms with Gasteiger partial charge in [0.25, 0.3) is 0 Å². The van der Waals surface area contributed by atoms with Crippen LogP contribution >= 0.6 is 22.9 Å². The highest BCUT2D eigenvalue weighted by molar-refractivity contribution is 7.22. The molecule has 0 saturated carbocycles. The maximum Gasteiger partial charge on any atom is 0.142 e. The van der Waals surface area contributed by atoms with Gasteiger partial charge in [-0.05, 0) is 54.3 Å². The lowest BCUT2D eigenvalue weighted by Gasteiger charge is -2.16. The normalized spacial score (nSPS) is 12.4. The Morgan fingerprint density at radius 1 is 1.13 bits per heavy atom. The Labute approximate surface area is 233 Å². The zero-order chi connectivity index (χ0) is 26.8. The summed E-state index contributed by atoms with van der Waals surface area (Å²) in [5.41, 5.74) is 5.10. The Morgan fingerprint density at radius 2 is 2.05 bits per heavy atom. The van der Waals surface area contributed by atoms with Crippen molar-refractivity contribution in [3.8, 4) is 16.2 Å². The van der Waals surface area contributed by atoms with Crippen molar-refractivity contribution in [2.45, 2.75) is 26.0 Å². The number of halogens is 2. The molecule has 2 aromatic carbocycles. The lowest BCUT2D eigenvalue weighted by Crippen LogP contribution is -2.24. The number of aryl methyl sites for hydroxylation is 1. The molecule has 1 aliphatic carbocycles. The minimum Gasteiger partial charge on any atom is -0.487 e. The zero-order valence-electron chi connectivity index (χ0n) is 21.0. The van der Waals surface area contributed by atoms with Crippen LogP contribution in [0.2, 0.25) is 5.02 Å². The van der Waals surface area contributed by atoms with E-state index >= 15 is 0 Å². The average molecular weight is 565 g/mol. The fraction of sp³-hybridized carbons (Fsp3) is 0.250. The first kappa shape index (κ1) is 25.7. The molecular weight excluding hydrogens is 539 g/mol. The molecule has 0 atom stereocenters. The van der Waals surface area contributed by atoms with Gasteiger partial charge >= 0.3 is 0 Å². The highest BCUT2D eigenvalue weighted by atomic mass is 35.5. The van der Waals surface area contributed by atoms with E-state index in [9.17, 15) is 4.39 Å². The van der Waals surface area contributed by atoms with E-state index in [0.717, 1.165) is 58.8 Å². The third-order valence-electron chi connectivity index (χ3n) is 6.66. The average Bonchev–Trinajstić information content (AvgIpc) is 3.52. The molecule has 0 saturated heterocycles. The molecule has 11 heteroatoms. The first-order valence-corrected chi connectivity index (χ1v) is 13.9. The van der Waals surface area contributed by atoms with Crippen molar-refractivity contribution in [2.75, 3.05) is 25.0 Å². The van der Waals surface area contributed by atoms with Crippen LogP contribution in [-0.4, -0.2) is 44.6 Å². The monoisotopic (exact) mass is 564 g/mol. The molecular formula is C28H26ClFN6O2S. The highest BCUT2D eigenvalue weighted by Crippen LogP contribution is 2.45. The minimum absolute atomic E-state index is 0.125. The van der Waals surface area contributed by atoms with Crippen molar-refractivity contribution < 1.29 is 14.2 Å². The van der Waals surface area contributed by atoms with Crippen LogP contribution < -0.4 is 15.4 Å². The summed E-state index contributed by atoms with van der Waals surface area (Å²) in [6.45, 7) is 2.43. The number of aliphatic hydroxyl groups excluding tert-OH is 1. The quantitative estimate of drug-likeness (QED) is 0.197. The number of anilines is 2. The predicted molar refractivity (Wildman–Crippen MR) is 151 cm³/mol. The molecule has 3 heterocycles. The van der Waals surface area contributed by atoms with Crippen LogP contribution in [-0.2, 0) is 26.0 Å². The number of benzene rings is 2. The molecule has 0 bridgehead atoms. The van der Waals surface area contributed by atoms with Gasteiger partial charge in [-0.25, -0.2) is 14.4 Å². The molecule has 3 aromatic heterocycles. The van der Waals surface area contributed by atoms with E-state index in [1.54, 1.807) is 41.9 Å². The molecule has 3 N–H and O–H groups in total. The summed E-state index contributed by atoms with van der Waals surface area (Å²) >= 11 is 8.18. The molecule has 0 fully saturated rings. The van der Waals surface area contributed by atoms with Crippen LogP contribution in [0.25, 0.3) is 20.7 Å². The van der Waals surface area contributed by atoms with Crippen LogP contribution in [0.3, 0.4) is 0 Å². The first-order chi connectivity index (χ1) is 19.1. The molecule has 0 radical (unpaired) electrons. The Hall–Kier alpha value is -3.57. The predicted octanol–water partition coefficient (Wildman–Crippen LogP) is 5.35. The van der Waals surface area contributed by atoms with Gasteiger partial charge in [0.05, 0.1) is 29.8 Å². The zero-order valence-corrected chi connectivity index (χ0v) is 22.5. The molecule has 0 spiro atoms. The van der Waals surface area contributed by atoms with E-state index in [0.29, 0.717) is 17.3 Å². The van der Waals surface area contributed by atoms with Gasteiger partial charge in [-0.2, -0.15) is 5.10 Å². The molecule has 8 nitrogen and oxygen atoms in total. The van der Waals surface area contributed by atoms with Gasteiger partial charge < -0.3 is 20.5 Å². The number of hydrogen-bond donors (Lipinski definition) is 3. The maximum atomic E-state index is 13.5. The third kappa shape index (κ3) is 5.33. The van der Waals surface area contributed by atoms with E-state index in [-0.39, 0.29) is 19.0 Å². The molecule has 39 heavy (non-hydrogen) atoms. The second kappa shape index (κ2) is 11.3. The van der Waals surface area contributed by atoms with E-state index in [1.807, 2.05) is 12.3 Å². The molecule has 1 aliphatic rings. The van der Waals surface area contributed by atoms with Crippen LogP contribution in [0.5, 0.6) is 5.75 Å². The van der Waals surface area contributed by atoms with Crippen molar-refractivity contribution in [3.63, 3.8) is 0 Å². The number of fused-ring (bicyclic) bond motifs is 5. The summed E-state index contributed by atoms with van der Waals surface area (Å²) in [6, 6.07) is 11.8. The molecule has 0 aliphatic heterocycles. The fourth-order valence-corrected chi connectivity index (χ4v) is 6.31. The summed E-state index contributed by atoms with van der Waals surface area (Å²) in [5, 5.41) is 21.7. The number of thiophene rings is 1. The van der Waals surface area contributed by atoms with Crippen molar-refractivity contribution in [2.24, 2.45) is 0 Å². The van der Waals surface area contributed by atoms with Crippen molar-refractivity contribution in [1.82, 2.24) is 25.1 Å². The smallest absolute Gasteiger partial charge is 0.142 e. The number of aromatic nitrogens is 4. The van der Waals surface area contributed by atoms with E-state index in [2.05, 4.69) is 30.4 Å². The van der Waals surface area contributed by atoms with Gasteiger partial charge in [0.2, 0.25) is 0 Å². The highest BCUT2D eigenvalue weighted by Gasteiger charge is 2.27. The van der Waals surface area contributed by atoms with Crippen LogP contribution in [0.1, 0.15) is 16.8 Å². The first-order valence-electron chi connectivity index (χ1n) is 12.7. The van der Waals surface area contributed by atoms with Gasteiger partial charge in [-0.1, -0.05) is 23.7 Å². The Kier molecular flexibility index (Phi) is 7.43. The Balaban J connectivity index is 1.22. The standard InChI is InChI=1S/C28H26ClFN6O2S/c29-22-13-19(4-7-24(22)38-15-17-2-1-3-18(30)12-17)35-27-25-20-5-6-23-21(26(20)39-28(25)33-16-32-27)14-34-36(23)10-8-31-9-11-37/h1-4,7,12-14,16,31,37H,5-6,8-11,15H2,(H,32,33,35). The van der Waals surface area contributed by atoms with Gasteiger partial charge in [0, 0.05) is 34.9 Å². The topological polar surface area (TPSA) is 97.1 Å². The summed E-state index contributed by atoms with van der Waals surface area (Å²) in [4.78, 5) is 11.2. The number of ether oxygens (including phenoxy) is 1. The molecule has 200 valence electrons. The minimum atomic E-state index is -0.301. The molecule has 5 aromatic rings. The maximum absolute atomic E-state index is 13.5. The van der Waals surface area contributed by atoms with E-state index in [4.69, 9.17) is 21.4 Å². The second-order valence-corrected chi connectivity index (χ2v) is 10.6. The number of rotatable bonds is 10. The van der Waals surface area contributed by atoms with Crippen LogP contribution in [0.15, 0.2) is 55.0 Å². The lowest BCUT2D eigenvalue weighted by molar-refractivity contribution is 0.291. The van der Waals surface area contributed by atoms with E-state index < -0.39 is 0 Å². The van der Waals surface area contributed by atoms with Gasteiger partial charge in [-0.3, -0.25) is 4.68 Å². The van der Waals surface area contributed by atoms with Gasteiger partial charge in [0.1, 0.15) is 35.1 Å². The molecule has 0 amide bonds. The van der Waals surface area contributed by atoms with Gasteiger partial charge in [-0.15, -0.1) is 11.3 Å². The van der Waals surface area contributed by atoms with Crippen molar-refractivity contribution in [1.29, 1.82) is 0 Å². The number of hydrogen-bond acceptors (Lipinski definition) is 8. The summed E-state index contributed by atoms with van der Waals surface area (Å²) in [6.07, 6.45) is 5.26. The number of aliphatic hydroxyl groups is 1. The lowest BCUT2D eigenvalue weighted by atomic mass is 9.95.